The van der Waals surface area contributed by atoms with Gasteiger partial charge in [0, 0.05) is 12.5 Å². The number of hydrogen-bond donors (Lipinski definition) is 1. The van der Waals surface area contributed by atoms with Crippen molar-refractivity contribution in [2.75, 3.05) is 6.54 Å². The van der Waals surface area contributed by atoms with Crippen molar-refractivity contribution in [3.05, 3.63) is 29.8 Å². The Morgan fingerprint density at radius 3 is 2.61 bits per heavy atom. The first-order valence-electron chi connectivity index (χ1n) is 10.2. The van der Waals surface area contributed by atoms with Crippen LogP contribution in [0.5, 0.6) is 0 Å². The number of nitriles is 1. The summed E-state index contributed by atoms with van der Waals surface area (Å²) in [5, 5.41) is 20.9. The summed E-state index contributed by atoms with van der Waals surface area (Å²) in [6, 6.07) is 8.70. The molecule has 148 valence electrons. The topological polar surface area (TPSA) is 107 Å². The highest BCUT2D eigenvalue weighted by atomic mass is 16.2. The Morgan fingerprint density at radius 1 is 1.11 bits per heavy atom. The monoisotopic (exact) mass is 380 g/mol. The Bertz CT molecular complexity index is 773. The second kappa shape index (κ2) is 9.98. The van der Waals surface area contributed by atoms with Gasteiger partial charge in [-0.3, -0.25) is 4.79 Å². The summed E-state index contributed by atoms with van der Waals surface area (Å²) in [6.07, 6.45) is 9.52. The van der Waals surface area contributed by atoms with Crippen molar-refractivity contribution in [3.63, 3.8) is 0 Å². The number of carbonyl (C=O) groups is 1. The van der Waals surface area contributed by atoms with E-state index >= 15 is 0 Å². The highest BCUT2D eigenvalue weighted by Gasteiger charge is 2.33. The molecule has 1 heterocycles. The van der Waals surface area contributed by atoms with Gasteiger partial charge < -0.3 is 10.6 Å². The minimum absolute atomic E-state index is 0.117. The Kier molecular flexibility index (Phi) is 7.12. The predicted molar refractivity (Wildman–Crippen MR) is 108 cm³/mol. The summed E-state index contributed by atoms with van der Waals surface area (Å²) >= 11 is 0. The van der Waals surface area contributed by atoms with Gasteiger partial charge in [0.15, 0.2) is 0 Å². The lowest BCUT2D eigenvalue weighted by Crippen LogP contribution is -2.52. The van der Waals surface area contributed by atoms with Crippen molar-refractivity contribution >= 4 is 17.4 Å². The SMILES string of the molecule is N#Cc1cccc(N=NN=C(N)C2CCCCN2C(=O)C2CCCCCC2)c1. The highest BCUT2D eigenvalue weighted by Crippen LogP contribution is 2.28. The molecule has 28 heavy (non-hydrogen) atoms. The molecule has 2 aliphatic rings. The van der Waals surface area contributed by atoms with Gasteiger partial charge in [0.05, 0.1) is 23.4 Å². The van der Waals surface area contributed by atoms with E-state index < -0.39 is 0 Å². The number of nitrogens with two attached hydrogens (primary N) is 1. The van der Waals surface area contributed by atoms with E-state index in [2.05, 4.69) is 21.5 Å². The van der Waals surface area contributed by atoms with Gasteiger partial charge in [-0.15, -0.1) is 10.2 Å². The summed E-state index contributed by atoms with van der Waals surface area (Å²) in [7, 11) is 0. The Balaban J connectivity index is 1.69. The van der Waals surface area contributed by atoms with Crippen molar-refractivity contribution < 1.29 is 4.79 Å². The molecule has 7 heteroatoms. The van der Waals surface area contributed by atoms with Gasteiger partial charge in [-0.1, -0.05) is 31.7 Å². The first-order valence-corrected chi connectivity index (χ1v) is 10.2. The molecule has 1 unspecified atom stereocenters. The van der Waals surface area contributed by atoms with Crippen LogP contribution >= 0.6 is 0 Å². The zero-order chi connectivity index (χ0) is 19.8. The van der Waals surface area contributed by atoms with E-state index in [4.69, 9.17) is 11.0 Å². The fourth-order valence-corrected chi connectivity index (χ4v) is 4.09. The quantitative estimate of drug-likeness (QED) is 0.277. The van der Waals surface area contributed by atoms with Crippen LogP contribution in [-0.2, 0) is 4.79 Å². The van der Waals surface area contributed by atoms with Crippen molar-refractivity contribution in [3.8, 4) is 6.07 Å². The van der Waals surface area contributed by atoms with Crippen LogP contribution in [0.15, 0.2) is 39.7 Å². The number of amidine groups is 1. The molecule has 0 spiro atoms. The van der Waals surface area contributed by atoms with Gasteiger partial charge in [-0.25, -0.2) is 0 Å². The summed E-state index contributed by atoms with van der Waals surface area (Å²) in [4.78, 5) is 15.0. The Hall–Kier alpha value is -2.75. The molecular weight excluding hydrogens is 352 g/mol. The Labute approximate surface area is 166 Å². The van der Waals surface area contributed by atoms with Crippen LogP contribution in [0, 0.1) is 17.2 Å². The van der Waals surface area contributed by atoms with E-state index in [1.807, 2.05) is 4.90 Å². The first-order chi connectivity index (χ1) is 13.7. The number of hydrogen-bond acceptors (Lipinski definition) is 4. The van der Waals surface area contributed by atoms with Gasteiger partial charge in [0.1, 0.15) is 5.84 Å². The van der Waals surface area contributed by atoms with E-state index in [0.717, 1.165) is 51.5 Å². The van der Waals surface area contributed by atoms with Crippen LogP contribution in [0.1, 0.15) is 63.4 Å². The number of benzene rings is 1. The minimum atomic E-state index is -0.200. The number of carbonyl (C=O) groups excluding carboxylic acids is 1. The van der Waals surface area contributed by atoms with E-state index in [0.29, 0.717) is 17.1 Å². The molecule has 0 radical (unpaired) electrons. The highest BCUT2D eigenvalue weighted by molar-refractivity contribution is 5.91. The van der Waals surface area contributed by atoms with Crippen LogP contribution < -0.4 is 5.73 Å². The molecule has 1 aromatic rings. The molecule has 2 fully saturated rings. The fraction of sp³-hybridized carbons (Fsp3) is 0.571. The van der Waals surface area contributed by atoms with Crippen LogP contribution in [0.2, 0.25) is 0 Å². The van der Waals surface area contributed by atoms with Crippen LogP contribution in [0.4, 0.5) is 5.69 Å². The average Bonchev–Trinajstić information content (AvgIpc) is 3.03. The normalized spacial score (nSPS) is 22.0. The molecule has 1 saturated carbocycles. The Morgan fingerprint density at radius 2 is 1.86 bits per heavy atom. The molecule has 2 N–H and O–H groups in total. The summed E-state index contributed by atoms with van der Waals surface area (Å²) in [5.41, 5.74) is 7.27. The minimum Gasteiger partial charge on any atom is -0.384 e. The molecular formula is C21H28N6O. The standard InChI is InChI=1S/C21H28N6O/c22-15-16-8-7-11-18(14-16)24-26-25-20(23)19-12-5-6-13-27(19)21(28)17-9-3-1-2-4-10-17/h7-8,11,14,17,19H,1-6,9-10,12-13H2,(H2,23,24,25). The number of nitrogens with zero attached hydrogens (tertiary/aromatic N) is 5. The van der Waals surface area contributed by atoms with Crippen LogP contribution in [-0.4, -0.2) is 29.2 Å². The van der Waals surface area contributed by atoms with Crippen LogP contribution in [0.3, 0.4) is 0 Å². The molecule has 3 rings (SSSR count). The van der Waals surface area contributed by atoms with Crippen molar-refractivity contribution in [1.29, 1.82) is 5.26 Å². The van der Waals surface area contributed by atoms with Gasteiger partial charge in [0.25, 0.3) is 0 Å². The third-order valence-corrected chi connectivity index (χ3v) is 5.63. The lowest BCUT2D eigenvalue weighted by molar-refractivity contribution is -0.138. The molecule has 7 nitrogen and oxygen atoms in total. The number of amides is 1. The lowest BCUT2D eigenvalue weighted by atomic mass is 9.94. The second-order valence-corrected chi connectivity index (χ2v) is 7.61. The zero-order valence-electron chi connectivity index (χ0n) is 16.3. The van der Waals surface area contributed by atoms with E-state index in [1.165, 1.54) is 12.8 Å². The van der Waals surface area contributed by atoms with Crippen molar-refractivity contribution in [2.24, 2.45) is 27.1 Å². The molecule has 1 amide bonds. The maximum Gasteiger partial charge on any atom is 0.226 e. The third-order valence-electron chi connectivity index (χ3n) is 5.63. The molecule has 1 aromatic carbocycles. The average molecular weight is 380 g/mol. The van der Waals surface area contributed by atoms with Crippen molar-refractivity contribution in [2.45, 2.75) is 63.8 Å². The third kappa shape index (κ3) is 5.16. The fourth-order valence-electron chi connectivity index (χ4n) is 4.09. The van der Waals surface area contributed by atoms with Gasteiger partial charge in [-0.05, 0) is 55.5 Å². The maximum atomic E-state index is 13.1. The molecule has 1 aliphatic heterocycles. The molecule has 1 aliphatic carbocycles. The summed E-state index contributed by atoms with van der Waals surface area (Å²) in [6.45, 7) is 0.734. The number of piperidine rings is 1. The van der Waals surface area contributed by atoms with Crippen molar-refractivity contribution in [1.82, 2.24) is 4.90 Å². The zero-order valence-corrected chi connectivity index (χ0v) is 16.3. The smallest absolute Gasteiger partial charge is 0.226 e. The largest absolute Gasteiger partial charge is 0.384 e. The summed E-state index contributed by atoms with van der Waals surface area (Å²) in [5.74, 6) is 0.677. The van der Waals surface area contributed by atoms with E-state index in [9.17, 15) is 4.79 Å². The number of likely N-dealkylation sites (tertiary alicyclic amines) is 1. The van der Waals surface area contributed by atoms with E-state index in [1.54, 1.807) is 24.3 Å². The molecule has 0 aromatic heterocycles. The molecule has 0 bridgehead atoms. The molecule has 1 saturated heterocycles. The molecule has 1 atom stereocenters. The number of rotatable bonds is 4. The van der Waals surface area contributed by atoms with Gasteiger partial charge in [-0.2, -0.15) is 5.26 Å². The summed E-state index contributed by atoms with van der Waals surface area (Å²) < 4.78 is 0. The second-order valence-electron chi connectivity index (χ2n) is 7.61. The van der Waals surface area contributed by atoms with E-state index in [-0.39, 0.29) is 17.9 Å². The van der Waals surface area contributed by atoms with Gasteiger partial charge in [0.2, 0.25) is 5.91 Å². The lowest BCUT2D eigenvalue weighted by Gasteiger charge is -2.37. The first kappa shape index (κ1) is 20.0. The maximum absolute atomic E-state index is 13.1. The predicted octanol–water partition coefficient (Wildman–Crippen LogP) is 4.27. The van der Waals surface area contributed by atoms with Crippen LogP contribution in [0.25, 0.3) is 0 Å². The van der Waals surface area contributed by atoms with Gasteiger partial charge >= 0.3 is 0 Å².